The second-order valence-corrected chi connectivity index (χ2v) is 6.21. The Labute approximate surface area is 118 Å². The van der Waals surface area contributed by atoms with Gasteiger partial charge in [-0.2, -0.15) is 0 Å². The molecular weight excluding hydrogens is 292 g/mol. The van der Waals surface area contributed by atoms with Crippen molar-refractivity contribution in [3.05, 3.63) is 23.8 Å². The highest BCUT2D eigenvalue weighted by atomic mass is 79.9. The predicted molar refractivity (Wildman–Crippen MR) is 77.7 cm³/mol. The molecule has 1 aliphatic heterocycles. The van der Waals surface area contributed by atoms with Crippen molar-refractivity contribution >= 4 is 15.9 Å². The van der Waals surface area contributed by atoms with Gasteiger partial charge in [-0.15, -0.1) is 0 Å². The highest BCUT2D eigenvalue weighted by Crippen LogP contribution is 2.38. The maximum atomic E-state index is 5.82. The van der Waals surface area contributed by atoms with Gasteiger partial charge in [-0.25, -0.2) is 0 Å². The van der Waals surface area contributed by atoms with Crippen molar-refractivity contribution in [2.45, 2.75) is 32.0 Å². The molecular formula is C15H21BrO2. The minimum absolute atomic E-state index is 0.372. The zero-order valence-corrected chi connectivity index (χ0v) is 12.9. The highest BCUT2D eigenvalue weighted by molar-refractivity contribution is 9.09. The molecule has 2 rings (SSSR count). The van der Waals surface area contributed by atoms with E-state index in [1.54, 1.807) is 0 Å². The van der Waals surface area contributed by atoms with Crippen LogP contribution in [0.3, 0.4) is 0 Å². The number of hydrogen-bond acceptors (Lipinski definition) is 2. The van der Waals surface area contributed by atoms with Crippen molar-refractivity contribution in [2.24, 2.45) is 11.8 Å². The summed E-state index contributed by atoms with van der Waals surface area (Å²) in [7, 11) is 0. The normalized spacial score (nSPS) is 22.1. The second-order valence-electron chi connectivity index (χ2n) is 5.22. The Kier molecular flexibility index (Phi) is 4.55. The fraction of sp³-hybridized carbons (Fsp3) is 0.600. The Balaban J connectivity index is 2.21. The molecule has 0 bridgehead atoms. The van der Waals surface area contributed by atoms with Crippen molar-refractivity contribution in [2.75, 3.05) is 13.2 Å². The van der Waals surface area contributed by atoms with Gasteiger partial charge in [0.05, 0.1) is 13.2 Å². The second kappa shape index (κ2) is 5.96. The lowest BCUT2D eigenvalue weighted by Crippen LogP contribution is -2.12. The number of halogens is 1. The topological polar surface area (TPSA) is 18.5 Å². The average molecular weight is 313 g/mol. The molecule has 100 valence electrons. The maximum Gasteiger partial charge on any atom is 0.161 e. The lowest BCUT2D eigenvalue weighted by Gasteiger charge is -2.18. The first-order valence-corrected chi connectivity index (χ1v) is 7.57. The van der Waals surface area contributed by atoms with Gasteiger partial charge in [0.2, 0.25) is 0 Å². The Morgan fingerprint density at radius 2 is 1.94 bits per heavy atom. The number of fused-ring (bicyclic) bond motifs is 1. The van der Waals surface area contributed by atoms with Gasteiger partial charge in [0, 0.05) is 10.7 Å². The van der Waals surface area contributed by atoms with Crippen LogP contribution in [0.5, 0.6) is 11.5 Å². The lowest BCUT2D eigenvalue weighted by molar-refractivity contribution is 0.228. The fourth-order valence-corrected chi connectivity index (χ4v) is 2.63. The molecule has 1 aromatic carbocycles. The molecule has 0 N–H and O–H groups in total. The predicted octanol–water partition coefficient (Wildman–Crippen LogP) is 4.58. The summed E-state index contributed by atoms with van der Waals surface area (Å²) in [4.78, 5) is 0.372. The molecule has 0 radical (unpaired) electrons. The number of alkyl halides is 1. The largest absolute Gasteiger partial charge is 0.489 e. The van der Waals surface area contributed by atoms with Crippen LogP contribution in [-0.2, 0) is 0 Å². The number of benzene rings is 1. The van der Waals surface area contributed by atoms with Gasteiger partial charge in [-0.05, 0) is 23.6 Å². The molecule has 1 heterocycles. The molecule has 3 heteroatoms. The summed E-state index contributed by atoms with van der Waals surface area (Å²) < 4.78 is 11.6. The third-order valence-electron chi connectivity index (χ3n) is 3.48. The molecule has 3 unspecified atom stereocenters. The third-order valence-corrected chi connectivity index (χ3v) is 4.91. The zero-order valence-electron chi connectivity index (χ0n) is 11.3. The fourth-order valence-electron chi connectivity index (χ4n) is 1.98. The molecule has 1 aromatic rings. The van der Waals surface area contributed by atoms with E-state index in [1.807, 2.05) is 6.07 Å². The van der Waals surface area contributed by atoms with Gasteiger partial charge in [0.15, 0.2) is 11.5 Å². The van der Waals surface area contributed by atoms with Crippen LogP contribution in [0.2, 0.25) is 0 Å². The molecule has 0 spiro atoms. The SMILES string of the molecule is CCC(C)C(Br)c1ccc2c(c1)OCC(C)CO2. The van der Waals surface area contributed by atoms with E-state index in [1.165, 1.54) is 5.56 Å². The van der Waals surface area contributed by atoms with Crippen LogP contribution in [0.15, 0.2) is 18.2 Å². The summed E-state index contributed by atoms with van der Waals surface area (Å²) in [5.41, 5.74) is 1.27. The minimum Gasteiger partial charge on any atom is -0.489 e. The van der Waals surface area contributed by atoms with Gasteiger partial charge in [0.25, 0.3) is 0 Å². The first kappa shape index (κ1) is 13.7. The lowest BCUT2D eigenvalue weighted by atomic mass is 9.98. The Morgan fingerprint density at radius 1 is 1.28 bits per heavy atom. The van der Waals surface area contributed by atoms with Gasteiger partial charge >= 0.3 is 0 Å². The van der Waals surface area contributed by atoms with Crippen LogP contribution in [0.4, 0.5) is 0 Å². The van der Waals surface area contributed by atoms with E-state index in [4.69, 9.17) is 9.47 Å². The van der Waals surface area contributed by atoms with Crippen LogP contribution in [0.1, 0.15) is 37.6 Å². The van der Waals surface area contributed by atoms with Gasteiger partial charge in [0.1, 0.15) is 0 Å². The van der Waals surface area contributed by atoms with Crippen molar-refractivity contribution in [3.8, 4) is 11.5 Å². The molecule has 0 amide bonds. The van der Waals surface area contributed by atoms with E-state index in [0.717, 1.165) is 31.1 Å². The molecule has 3 atom stereocenters. The summed E-state index contributed by atoms with van der Waals surface area (Å²) in [5.74, 6) is 2.79. The van der Waals surface area contributed by atoms with E-state index in [2.05, 4.69) is 48.8 Å². The van der Waals surface area contributed by atoms with Crippen LogP contribution < -0.4 is 9.47 Å². The van der Waals surface area contributed by atoms with Gasteiger partial charge in [-0.3, -0.25) is 0 Å². The summed E-state index contributed by atoms with van der Waals surface area (Å²) in [6.07, 6.45) is 1.15. The molecule has 0 aliphatic carbocycles. The van der Waals surface area contributed by atoms with Crippen molar-refractivity contribution in [1.29, 1.82) is 0 Å². The molecule has 0 fully saturated rings. The minimum atomic E-state index is 0.372. The molecule has 2 nitrogen and oxygen atoms in total. The van der Waals surface area contributed by atoms with Crippen molar-refractivity contribution < 1.29 is 9.47 Å². The van der Waals surface area contributed by atoms with E-state index in [-0.39, 0.29) is 0 Å². The smallest absolute Gasteiger partial charge is 0.161 e. The summed E-state index contributed by atoms with van der Waals surface area (Å²) in [6.45, 7) is 8.07. The van der Waals surface area contributed by atoms with Crippen LogP contribution in [0, 0.1) is 11.8 Å². The Hall–Kier alpha value is -0.700. The van der Waals surface area contributed by atoms with Crippen molar-refractivity contribution in [1.82, 2.24) is 0 Å². The van der Waals surface area contributed by atoms with E-state index in [0.29, 0.717) is 16.7 Å². The number of rotatable bonds is 3. The first-order chi connectivity index (χ1) is 8.61. The molecule has 18 heavy (non-hydrogen) atoms. The van der Waals surface area contributed by atoms with Gasteiger partial charge in [-0.1, -0.05) is 49.2 Å². The summed E-state index contributed by atoms with van der Waals surface area (Å²) >= 11 is 3.77. The summed E-state index contributed by atoms with van der Waals surface area (Å²) in [5, 5.41) is 0. The molecule has 0 aromatic heterocycles. The van der Waals surface area contributed by atoms with Gasteiger partial charge < -0.3 is 9.47 Å². The Bertz CT molecular complexity index is 405. The number of hydrogen-bond donors (Lipinski definition) is 0. The van der Waals surface area contributed by atoms with Crippen LogP contribution in [0.25, 0.3) is 0 Å². The molecule has 0 saturated carbocycles. The quantitative estimate of drug-likeness (QED) is 0.761. The van der Waals surface area contributed by atoms with E-state index >= 15 is 0 Å². The molecule has 1 aliphatic rings. The van der Waals surface area contributed by atoms with Crippen molar-refractivity contribution in [3.63, 3.8) is 0 Å². The zero-order chi connectivity index (χ0) is 13.1. The third kappa shape index (κ3) is 3.00. The summed E-state index contributed by atoms with van der Waals surface area (Å²) in [6, 6.07) is 6.27. The first-order valence-electron chi connectivity index (χ1n) is 6.65. The monoisotopic (exact) mass is 312 g/mol. The van der Waals surface area contributed by atoms with E-state index < -0.39 is 0 Å². The molecule has 0 saturated heterocycles. The maximum absolute atomic E-state index is 5.82. The number of ether oxygens (including phenoxy) is 2. The Morgan fingerprint density at radius 3 is 2.61 bits per heavy atom. The highest BCUT2D eigenvalue weighted by Gasteiger charge is 2.19. The van der Waals surface area contributed by atoms with Crippen LogP contribution >= 0.6 is 15.9 Å². The average Bonchev–Trinajstić information content (AvgIpc) is 2.59. The van der Waals surface area contributed by atoms with Crippen LogP contribution in [-0.4, -0.2) is 13.2 Å². The standard InChI is InChI=1S/C15H21BrO2/c1-4-11(3)15(16)12-5-6-13-14(7-12)18-9-10(2)8-17-13/h5-7,10-11,15H,4,8-9H2,1-3H3. The van der Waals surface area contributed by atoms with E-state index in [9.17, 15) is 0 Å².